The maximum absolute atomic E-state index is 13.6. The van der Waals surface area contributed by atoms with Gasteiger partial charge in [0.1, 0.15) is 23.9 Å². The number of para-hydroxylation sites is 2. The summed E-state index contributed by atoms with van der Waals surface area (Å²) in [5.41, 5.74) is 2.63. The molecule has 3 amide bonds. The standard InChI is InChI=1S/C30H32FN5O3/c1-3-5-19-35(30(38)32-25-13-9-10-14-27(25)39-4-2)21-29(37)33-28-20-26(22-11-7-6-8-12-22)34-36(28)24-17-15-23(31)16-18-24/h6-18,20H,3-5,19,21H2,1-2H3,(H,32,38)(H,33,37). The number of aromatic nitrogens is 2. The highest BCUT2D eigenvalue weighted by molar-refractivity contribution is 5.97. The summed E-state index contributed by atoms with van der Waals surface area (Å²) in [6, 6.07) is 23.9. The second-order valence-electron chi connectivity index (χ2n) is 8.85. The molecule has 0 saturated carbocycles. The number of anilines is 2. The molecule has 1 heterocycles. The van der Waals surface area contributed by atoms with E-state index in [1.807, 2.05) is 56.3 Å². The number of nitrogens with zero attached hydrogens (tertiary/aromatic N) is 3. The second kappa shape index (κ2) is 13.2. The van der Waals surface area contributed by atoms with Crippen LogP contribution < -0.4 is 15.4 Å². The van der Waals surface area contributed by atoms with E-state index in [-0.39, 0.29) is 18.3 Å². The quantitative estimate of drug-likeness (QED) is 0.237. The maximum Gasteiger partial charge on any atom is 0.322 e. The van der Waals surface area contributed by atoms with Gasteiger partial charge in [0.2, 0.25) is 5.91 Å². The van der Waals surface area contributed by atoms with E-state index >= 15 is 0 Å². The molecule has 8 nitrogen and oxygen atoms in total. The van der Waals surface area contributed by atoms with E-state index in [9.17, 15) is 14.0 Å². The first-order chi connectivity index (χ1) is 19.0. The van der Waals surface area contributed by atoms with Gasteiger partial charge in [0, 0.05) is 18.2 Å². The summed E-state index contributed by atoms with van der Waals surface area (Å²) in [5.74, 6) is 0.207. The Kier molecular flexibility index (Phi) is 9.29. The lowest BCUT2D eigenvalue weighted by molar-refractivity contribution is -0.116. The van der Waals surface area contributed by atoms with Gasteiger partial charge in [-0.25, -0.2) is 13.9 Å². The molecule has 0 aliphatic heterocycles. The molecular formula is C30H32FN5O3. The zero-order valence-corrected chi connectivity index (χ0v) is 22.1. The highest BCUT2D eigenvalue weighted by atomic mass is 19.1. The Hall–Kier alpha value is -4.66. The Morgan fingerprint density at radius 3 is 2.38 bits per heavy atom. The van der Waals surface area contributed by atoms with Crippen molar-refractivity contribution in [3.05, 3.63) is 90.7 Å². The highest BCUT2D eigenvalue weighted by Gasteiger charge is 2.20. The third-order valence-corrected chi connectivity index (χ3v) is 5.95. The first-order valence-electron chi connectivity index (χ1n) is 13.0. The molecule has 0 aliphatic rings. The number of halogens is 1. The van der Waals surface area contributed by atoms with Crippen LogP contribution in [0.5, 0.6) is 5.75 Å². The topological polar surface area (TPSA) is 88.5 Å². The van der Waals surface area contributed by atoms with Crippen LogP contribution in [-0.4, -0.2) is 46.3 Å². The van der Waals surface area contributed by atoms with Crippen LogP contribution in [0.25, 0.3) is 16.9 Å². The minimum absolute atomic E-state index is 0.169. The third-order valence-electron chi connectivity index (χ3n) is 5.95. The lowest BCUT2D eigenvalue weighted by Gasteiger charge is -2.23. The average Bonchev–Trinajstić information content (AvgIpc) is 3.36. The van der Waals surface area contributed by atoms with Gasteiger partial charge >= 0.3 is 6.03 Å². The van der Waals surface area contributed by atoms with Crippen molar-refractivity contribution in [2.45, 2.75) is 26.7 Å². The average molecular weight is 530 g/mol. The molecule has 0 aliphatic carbocycles. The van der Waals surface area contributed by atoms with Crippen LogP contribution in [0, 0.1) is 5.82 Å². The van der Waals surface area contributed by atoms with E-state index in [1.54, 1.807) is 35.0 Å². The van der Waals surface area contributed by atoms with Crippen molar-refractivity contribution in [2.24, 2.45) is 0 Å². The Bertz CT molecular complexity index is 1390. The molecule has 1 aromatic heterocycles. The van der Waals surface area contributed by atoms with Crippen LogP contribution in [-0.2, 0) is 4.79 Å². The smallest absolute Gasteiger partial charge is 0.322 e. The number of unbranched alkanes of at least 4 members (excludes halogenated alkanes) is 1. The van der Waals surface area contributed by atoms with Gasteiger partial charge in [0.25, 0.3) is 0 Å². The third kappa shape index (κ3) is 7.22. The fourth-order valence-corrected chi connectivity index (χ4v) is 4.00. The van der Waals surface area contributed by atoms with Gasteiger partial charge in [-0.3, -0.25) is 4.79 Å². The van der Waals surface area contributed by atoms with Crippen LogP contribution in [0.4, 0.5) is 20.7 Å². The van der Waals surface area contributed by atoms with Crippen molar-refractivity contribution in [2.75, 3.05) is 30.3 Å². The molecule has 202 valence electrons. The zero-order chi connectivity index (χ0) is 27.6. The normalized spacial score (nSPS) is 10.6. The number of carbonyl (C=O) groups is 2. The van der Waals surface area contributed by atoms with Gasteiger partial charge in [0.15, 0.2) is 0 Å². The Balaban J connectivity index is 1.55. The minimum atomic E-state index is -0.400. The van der Waals surface area contributed by atoms with Crippen molar-refractivity contribution in [1.82, 2.24) is 14.7 Å². The first kappa shape index (κ1) is 27.4. The van der Waals surface area contributed by atoms with Crippen molar-refractivity contribution in [1.29, 1.82) is 0 Å². The lowest BCUT2D eigenvalue weighted by atomic mass is 10.1. The van der Waals surface area contributed by atoms with Crippen LogP contribution in [0.3, 0.4) is 0 Å². The molecule has 0 unspecified atom stereocenters. The Labute approximate surface area is 227 Å². The highest BCUT2D eigenvalue weighted by Crippen LogP contribution is 2.26. The number of nitrogens with one attached hydrogen (secondary N) is 2. The number of carbonyl (C=O) groups excluding carboxylic acids is 2. The van der Waals surface area contributed by atoms with Crippen molar-refractivity contribution < 1.29 is 18.7 Å². The molecule has 4 aromatic rings. The summed E-state index contributed by atoms with van der Waals surface area (Å²) in [5, 5.41) is 10.4. The summed E-state index contributed by atoms with van der Waals surface area (Å²) in [4.78, 5) is 27.9. The van der Waals surface area contributed by atoms with Gasteiger partial charge in [-0.1, -0.05) is 55.8 Å². The van der Waals surface area contributed by atoms with Crippen molar-refractivity contribution in [3.8, 4) is 22.7 Å². The van der Waals surface area contributed by atoms with Gasteiger partial charge in [-0.15, -0.1) is 0 Å². The molecule has 0 atom stereocenters. The zero-order valence-electron chi connectivity index (χ0n) is 22.1. The monoisotopic (exact) mass is 529 g/mol. The van der Waals surface area contributed by atoms with E-state index in [0.717, 1.165) is 18.4 Å². The number of amides is 3. The predicted octanol–water partition coefficient (Wildman–Crippen LogP) is 6.35. The SMILES string of the molecule is CCCCN(CC(=O)Nc1cc(-c2ccccc2)nn1-c1ccc(F)cc1)C(=O)Nc1ccccc1OCC. The fourth-order valence-electron chi connectivity index (χ4n) is 4.00. The van der Waals surface area contributed by atoms with E-state index in [4.69, 9.17) is 4.74 Å². The summed E-state index contributed by atoms with van der Waals surface area (Å²) in [6.07, 6.45) is 1.60. The molecule has 3 aromatic carbocycles. The fraction of sp³-hybridized carbons (Fsp3) is 0.233. The first-order valence-corrected chi connectivity index (χ1v) is 13.0. The summed E-state index contributed by atoms with van der Waals surface area (Å²) in [7, 11) is 0. The molecule has 0 radical (unpaired) electrons. The molecule has 0 bridgehead atoms. The van der Waals surface area contributed by atoms with Crippen LogP contribution in [0.2, 0.25) is 0 Å². The molecule has 2 N–H and O–H groups in total. The van der Waals surface area contributed by atoms with Gasteiger partial charge < -0.3 is 20.3 Å². The molecular weight excluding hydrogens is 497 g/mol. The number of urea groups is 1. The predicted molar refractivity (Wildman–Crippen MR) is 151 cm³/mol. The Morgan fingerprint density at radius 2 is 1.67 bits per heavy atom. The lowest BCUT2D eigenvalue weighted by Crippen LogP contribution is -2.41. The van der Waals surface area contributed by atoms with Gasteiger partial charge in [-0.2, -0.15) is 5.10 Å². The number of rotatable bonds is 11. The largest absolute Gasteiger partial charge is 0.492 e. The molecule has 39 heavy (non-hydrogen) atoms. The van der Waals surface area contributed by atoms with Gasteiger partial charge in [-0.05, 0) is 49.7 Å². The minimum Gasteiger partial charge on any atom is -0.492 e. The van der Waals surface area contributed by atoms with E-state index in [0.29, 0.717) is 41.8 Å². The van der Waals surface area contributed by atoms with Crippen molar-refractivity contribution >= 4 is 23.4 Å². The Morgan fingerprint density at radius 1 is 0.949 bits per heavy atom. The summed E-state index contributed by atoms with van der Waals surface area (Å²) in [6.45, 7) is 4.59. The number of hydrogen-bond donors (Lipinski definition) is 2. The van der Waals surface area contributed by atoms with Crippen LogP contribution in [0.15, 0.2) is 84.9 Å². The number of ether oxygens (including phenoxy) is 1. The van der Waals surface area contributed by atoms with Gasteiger partial charge in [0.05, 0.1) is 23.7 Å². The maximum atomic E-state index is 13.6. The summed E-state index contributed by atoms with van der Waals surface area (Å²) < 4.78 is 20.7. The molecule has 4 rings (SSSR count). The molecule has 0 saturated heterocycles. The van der Waals surface area contributed by atoms with Crippen LogP contribution in [0.1, 0.15) is 26.7 Å². The van der Waals surface area contributed by atoms with Crippen LogP contribution >= 0.6 is 0 Å². The molecule has 0 fully saturated rings. The molecule has 9 heteroatoms. The number of benzene rings is 3. The van der Waals surface area contributed by atoms with E-state index in [1.165, 1.54) is 17.0 Å². The summed E-state index contributed by atoms with van der Waals surface area (Å²) >= 11 is 0. The number of hydrogen-bond acceptors (Lipinski definition) is 4. The van der Waals surface area contributed by atoms with E-state index in [2.05, 4.69) is 15.7 Å². The molecule has 0 spiro atoms. The van der Waals surface area contributed by atoms with Crippen molar-refractivity contribution in [3.63, 3.8) is 0 Å². The second-order valence-corrected chi connectivity index (χ2v) is 8.85. The van der Waals surface area contributed by atoms with E-state index < -0.39 is 6.03 Å².